The van der Waals surface area contributed by atoms with E-state index in [2.05, 4.69) is 5.32 Å². The third-order valence-corrected chi connectivity index (χ3v) is 8.72. The number of nitrogens with one attached hydrogen (secondary N) is 1. The first-order valence-electron chi connectivity index (χ1n) is 14.1. The number of carbonyl (C=O) groups excluding carboxylic acids is 2. The van der Waals surface area contributed by atoms with Crippen LogP contribution in [0.15, 0.2) is 114 Å². The fraction of sp³-hybridized carbons (Fsp3) is 0.235. The lowest BCUT2D eigenvalue weighted by Crippen LogP contribution is -2.54. The van der Waals surface area contributed by atoms with Crippen LogP contribution in [0.4, 0.5) is 10.1 Å². The Labute approximate surface area is 253 Å². The van der Waals surface area contributed by atoms with Gasteiger partial charge in [0.1, 0.15) is 18.4 Å². The molecule has 0 aliphatic heterocycles. The van der Waals surface area contributed by atoms with Crippen molar-refractivity contribution in [1.82, 2.24) is 10.2 Å². The van der Waals surface area contributed by atoms with E-state index in [1.54, 1.807) is 60.7 Å². The molecule has 2 amide bonds. The first-order chi connectivity index (χ1) is 20.6. The lowest BCUT2D eigenvalue weighted by molar-refractivity contribution is -0.140. The van der Waals surface area contributed by atoms with Crippen molar-refractivity contribution in [3.8, 4) is 0 Å². The van der Waals surface area contributed by atoms with Gasteiger partial charge in [-0.2, -0.15) is 0 Å². The maximum absolute atomic E-state index is 14.9. The highest BCUT2D eigenvalue weighted by Crippen LogP contribution is 2.25. The summed E-state index contributed by atoms with van der Waals surface area (Å²) in [6, 6.07) is 28.6. The summed E-state index contributed by atoms with van der Waals surface area (Å²) in [6.45, 7) is 4.66. The molecule has 0 heterocycles. The Bertz CT molecular complexity index is 1630. The average molecular weight is 602 g/mol. The highest BCUT2D eigenvalue weighted by Gasteiger charge is 2.35. The number of rotatable bonds is 12. The van der Waals surface area contributed by atoms with Crippen molar-refractivity contribution in [2.24, 2.45) is 0 Å². The van der Waals surface area contributed by atoms with Gasteiger partial charge in [-0.25, -0.2) is 12.8 Å². The molecule has 0 saturated heterocycles. The Hall–Kier alpha value is -4.50. The lowest BCUT2D eigenvalue weighted by atomic mass is 10.0. The van der Waals surface area contributed by atoms with E-state index in [0.29, 0.717) is 5.69 Å². The van der Waals surface area contributed by atoms with E-state index in [9.17, 15) is 22.4 Å². The molecule has 0 radical (unpaired) electrons. The van der Waals surface area contributed by atoms with Crippen LogP contribution in [0.3, 0.4) is 0 Å². The minimum absolute atomic E-state index is 0.0161. The summed E-state index contributed by atoms with van der Waals surface area (Å²) in [4.78, 5) is 29.3. The SMILES string of the molecule is Cc1ccc(N(CC(=O)N(Cc2ccccc2F)C(Cc2ccccc2)C(=O)NC(C)C)S(=O)(=O)c2ccccc2)cc1. The Morgan fingerprint density at radius 2 is 1.40 bits per heavy atom. The lowest BCUT2D eigenvalue weighted by Gasteiger charge is -2.34. The molecule has 0 aromatic heterocycles. The van der Waals surface area contributed by atoms with Crippen LogP contribution in [0, 0.1) is 12.7 Å². The van der Waals surface area contributed by atoms with Crippen LogP contribution in [-0.2, 0) is 32.6 Å². The van der Waals surface area contributed by atoms with Crippen LogP contribution in [0.5, 0.6) is 0 Å². The number of hydrogen-bond donors (Lipinski definition) is 1. The molecular formula is C34H36FN3O4S. The number of nitrogens with zero attached hydrogens (tertiary/aromatic N) is 2. The second-order valence-corrected chi connectivity index (χ2v) is 12.5. The van der Waals surface area contributed by atoms with Crippen LogP contribution >= 0.6 is 0 Å². The van der Waals surface area contributed by atoms with Crippen LogP contribution < -0.4 is 9.62 Å². The molecule has 1 N–H and O–H groups in total. The topological polar surface area (TPSA) is 86.8 Å². The van der Waals surface area contributed by atoms with Gasteiger partial charge in [0, 0.05) is 24.6 Å². The molecule has 0 bridgehead atoms. The molecule has 0 saturated carbocycles. The van der Waals surface area contributed by atoms with E-state index >= 15 is 0 Å². The fourth-order valence-corrected chi connectivity index (χ4v) is 6.14. The zero-order valence-corrected chi connectivity index (χ0v) is 25.3. The number of sulfonamides is 1. The number of aryl methyl sites for hydroxylation is 1. The van der Waals surface area contributed by atoms with Gasteiger partial charge in [-0.3, -0.25) is 13.9 Å². The van der Waals surface area contributed by atoms with Gasteiger partial charge in [-0.1, -0.05) is 84.4 Å². The summed E-state index contributed by atoms with van der Waals surface area (Å²) in [5.41, 5.74) is 2.21. The van der Waals surface area contributed by atoms with Crippen molar-refractivity contribution in [1.29, 1.82) is 0 Å². The molecule has 4 rings (SSSR count). The normalized spacial score (nSPS) is 12.0. The Morgan fingerprint density at radius 1 is 0.814 bits per heavy atom. The van der Waals surface area contributed by atoms with Crippen LogP contribution in [0.2, 0.25) is 0 Å². The van der Waals surface area contributed by atoms with Crippen molar-refractivity contribution < 1.29 is 22.4 Å². The predicted octanol–water partition coefficient (Wildman–Crippen LogP) is 5.49. The highest BCUT2D eigenvalue weighted by molar-refractivity contribution is 7.92. The van der Waals surface area contributed by atoms with E-state index in [-0.39, 0.29) is 29.5 Å². The largest absolute Gasteiger partial charge is 0.352 e. The van der Waals surface area contributed by atoms with Gasteiger partial charge in [-0.05, 0) is 56.7 Å². The third-order valence-electron chi connectivity index (χ3n) is 6.93. The molecule has 0 fully saturated rings. The minimum atomic E-state index is -4.19. The van der Waals surface area contributed by atoms with Gasteiger partial charge >= 0.3 is 0 Å². The summed E-state index contributed by atoms with van der Waals surface area (Å²) in [7, 11) is -4.19. The van der Waals surface area contributed by atoms with Crippen molar-refractivity contribution in [2.45, 2.75) is 50.7 Å². The van der Waals surface area contributed by atoms with E-state index in [1.165, 1.54) is 23.1 Å². The summed E-state index contributed by atoms with van der Waals surface area (Å²) >= 11 is 0. The second kappa shape index (κ2) is 14.1. The van der Waals surface area contributed by atoms with E-state index in [1.807, 2.05) is 51.1 Å². The molecule has 1 atom stereocenters. The number of halogens is 1. The molecule has 224 valence electrons. The van der Waals surface area contributed by atoms with Gasteiger partial charge in [0.25, 0.3) is 10.0 Å². The Kier molecular flexibility index (Phi) is 10.3. The standard InChI is InChI=1S/C34H36FN3O4S/c1-25(2)36-34(40)32(22-27-12-6-4-7-13-27)37(23-28-14-10-11-17-31(28)35)33(39)24-38(29-20-18-26(3)19-21-29)43(41,42)30-15-8-5-9-16-30/h4-21,25,32H,22-24H2,1-3H3,(H,36,40). The molecule has 43 heavy (non-hydrogen) atoms. The zero-order valence-electron chi connectivity index (χ0n) is 24.5. The number of benzene rings is 4. The van der Waals surface area contributed by atoms with E-state index < -0.39 is 40.2 Å². The molecule has 0 spiro atoms. The van der Waals surface area contributed by atoms with Crippen molar-refractivity contribution >= 4 is 27.5 Å². The number of carbonyl (C=O) groups is 2. The highest BCUT2D eigenvalue weighted by atomic mass is 32.2. The van der Waals surface area contributed by atoms with E-state index in [4.69, 9.17) is 0 Å². The second-order valence-electron chi connectivity index (χ2n) is 10.6. The first kappa shape index (κ1) is 31.4. The van der Waals surface area contributed by atoms with E-state index in [0.717, 1.165) is 15.4 Å². The molecule has 0 aliphatic carbocycles. The monoisotopic (exact) mass is 601 g/mol. The first-order valence-corrected chi connectivity index (χ1v) is 15.5. The number of amides is 2. The molecule has 1 unspecified atom stereocenters. The van der Waals surface area contributed by atoms with Gasteiger partial charge in [0.15, 0.2) is 0 Å². The zero-order chi connectivity index (χ0) is 31.0. The van der Waals surface area contributed by atoms with Gasteiger partial charge in [-0.15, -0.1) is 0 Å². The van der Waals surface area contributed by atoms with Crippen molar-refractivity contribution in [3.63, 3.8) is 0 Å². The molecule has 0 aliphatic rings. The molecule has 4 aromatic carbocycles. The van der Waals surface area contributed by atoms with Crippen LogP contribution in [0.1, 0.15) is 30.5 Å². The molecule has 9 heteroatoms. The van der Waals surface area contributed by atoms with Crippen LogP contribution in [0.25, 0.3) is 0 Å². The Balaban J connectivity index is 1.80. The number of anilines is 1. The average Bonchev–Trinajstić information content (AvgIpc) is 2.99. The Morgan fingerprint density at radius 3 is 2.00 bits per heavy atom. The molecular weight excluding hydrogens is 565 g/mol. The van der Waals surface area contributed by atoms with Crippen molar-refractivity contribution in [2.75, 3.05) is 10.8 Å². The quantitative estimate of drug-likeness (QED) is 0.233. The molecule has 4 aromatic rings. The molecule has 7 nitrogen and oxygen atoms in total. The number of hydrogen-bond acceptors (Lipinski definition) is 4. The fourth-order valence-electron chi connectivity index (χ4n) is 4.70. The summed E-state index contributed by atoms with van der Waals surface area (Å²) in [5.74, 6) is -1.60. The summed E-state index contributed by atoms with van der Waals surface area (Å²) in [6.07, 6.45) is 0.148. The third kappa shape index (κ3) is 8.08. The van der Waals surface area contributed by atoms with Gasteiger partial charge in [0.05, 0.1) is 10.6 Å². The summed E-state index contributed by atoms with van der Waals surface area (Å²) < 4.78 is 43.9. The van der Waals surface area contributed by atoms with Crippen LogP contribution in [-0.4, -0.2) is 43.8 Å². The predicted molar refractivity (Wildman–Crippen MR) is 166 cm³/mol. The maximum Gasteiger partial charge on any atom is 0.264 e. The van der Waals surface area contributed by atoms with Gasteiger partial charge in [0.2, 0.25) is 11.8 Å². The van der Waals surface area contributed by atoms with Gasteiger partial charge < -0.3 is 10.2 Å². The smallest absolute Gasteiger partial charge is 0.264 e. The minimum Gasteiger partial charge on any atom is -0.352 e. The van der Waals surface area contributed by atoms with Crippen molar-refractivity contribution in [3.05, 3.63) is 132 Å². The maximum atomic E-state index is 14.9. The summed E-state index contributed by atoms with van der Waals surface area (Å²) in [5, 5.41) is 2.89.